The van der Waals surface area contributed by atoms with Crippen LogP contribution in [-0.4, -0.2) is 46.0 Å². The Morgan fingerprint density at radius 1 is 1.20 bits per heavy atom. The molecule has 1 fully saturated rings. The number of anilines is 1. The van der Waals surface area contributed by atoms with Gasteiger partial charge in [0.15, 0.2) is 5.65 Å². The zero-order valence-electron chi connectivity index (χ0n) is 11.9. The van der Waals surface area contributed by atoms with Crippen LogP contribution in [0.25, 0.3) is 11.2 Å². The summed E-state index contributed by atoms with van der Waals surface area (Å²) in [6.45, 7) is 6.91. The van der Waals surface area contributed by atoms with E-state index in [1.54, 1.807) is 12.4 Å². The Balaban J connectivity index is 1.56. The lowest BCUT2D eigenvalue weighted by Crippen LogP contribution is -2.29. The molecule has 1 N–H and O–H groups in total. The summed E-state index contributed by atoms with van der Waals surface area (Å²) in [4.78, 5) is 15.5. The van der Waals surface area contributed by atoms with Crippen LogP contribution in [0.2, 0.25) is 0 Å². The van der Waals surface area contributed by atoms with E-state index in [1.165, 1.54) is 32.5 Å². The normalized spacial score (nSPS) is 17.4. The molecule has 0 aromatic carbocycles. The first-order valence-electron chi connectivity index (χ1n) is 7.35. The first kappa shape index (κ1) is 13.2. The van der Waals surface area contributed by atoms with E-state index in [-0.39, 0.29) is 0 Å². The van der Waals surface area contributed by atoms with Gasteiger partial charge in [-0.05, 0) is 44.0 Å². The van der Waals surface area contributed by atoms with Gasteiger partial charge in [-0.2, -0.15) is 0 Å². The van der Waals surface area contributed by atoms with Gasteiger partial charge >= 0.3 is 0 Å². The van der Waals surface area contributed by atoms with Gasteiger partial charge in [0.1, 0.15) is 11.3 Å². The number of hydrogen-bond donors (Lipinski definition) is 1. The Kier molecular flexibility index (Phi) is 4.06. The quantitative estimate of drug-likeness (QED) is 0.903. The average Bonchev–Trinajstić information content (AvgIpc) is 2.98. The van der Waals surface area contributed by atoms with Crippen molar-refractivity contribution in [3.63, 3.8) is 0 Å². The zero-order chi connectivity index (χ0) is 13.8. The summed E-state index contributed by atoms with van der Waals surface area (Å²) in [6.07, 6.45) is 6.07. The van der Waals surface area contributed by atoms with Crippen LogP contribution < -0.4 is 5.32 Å². The van der Waals surface area contributed by atoms with Crippen molar-refractivity contribution in [1.82, 2.24) is 19.9 Å². The summed E-state index contributed by atoms with van der Waals surface area (Å²) < 4.78 is 0. The van der Waals surface area contributed by atoms with E-state index in [0.717, 1.165) is 17.9 Å². The van der Waals surface area contributed by atoms with Gasteiger partial charge in [-0.3, -0.25) is 4.98 Å². The van der Waals surface area contributed by atoms with Crippen molar-refractivity contribution in [2.24, 2.45) is 5.92 Å². The molecule has 1 aliphatic rings. The lowest BCUT2D eigenvalue weighted by Gasteiger charge is -2.20. The van der Waals surface area contributed by atoms with Crippen LogP contribution in [0.15, 0.2) is 24.5 Å². The predicted octanol–water partition coefficient (Wildman–Crippen LogP) is 2.17. The summed E-state index contributed by atoms with van der Waals surface area (Å²) >= 11 is 0. The van der Waals surface area contributed by atoms with Gasteiger partial charge in [-0.25, -0.2) is 9.97 Å². The van der Waals surface area contributed by atoms with Crippen LogP contribution in [0, 0.1) is 5.92 Å². The lowest BCUT2D eigenvalue weighted by atomic mass is 10.1. The van der Waals surface area contributed by atoms with Gasteiger partial charge in [-0.1, -0.05) is 6.92 Å². The summed E-state index contributed by atoms with van der Waals surface area (Å²) in [6, 6.07) is 3.93. The van der Waals surface area contributed by atoms with E-state index in [2.05, 4.69) is 32.1 Å². The Bertz CT molecular complexity index is 565. The molecule has 3 heterocycles. The standard InChI is InChI=1S/C15H21N5/c1-12(11-20-8-2-3-9-20)10-18-14-5-4-13-15(19-14)17-7-6-16-13/h4-7,12H,2-3,8-11H2,1H3,(H,17,18,19). The highest BCUT2D eigenvalue weighted by atomic mass is 15.1. The first-order chi connectivity index (χ1) is 9.81. The highest BCUT2D eigenvalue weighted by Crippen LogP contribution is 2.13. The summed E-state index contributed by atoms with van der Waals surface area (Å²) in [5.41, 5.74) is 1.54. The molecule has 2 aromatic rings. The molecule has 2 aromatic heterocycles. The molecule has 1 unspecified atom stereocenters. The summed E-state index contributed by atoms with van der Waals surface area (Å²) in [7, 11) is 0. The summed E-state index contributed by atoms with van der Waals surface area (Å²) in [5, 5.41) is 3.40. The molecule has 3 rings (SSSR count). The maximum atomic E-state index is 4.48. The SMILES string of the molecule is CC(CNc1ccc2nccnc2n1)CN1CCCC1. The molecule has 106 valence electrons. The first-order valence-corrected chi connectivity index (χ1v) is 7.35. The highest BCUT2D eigenvalue weighted by Gasteiger charge is 2.14. The third-order valence-corrected chi connectivity index (χ3v) is 3.73. The van der Waals surface area contributed by atoms with E-state index in [0.29, 0.717) is 11.6 Å². The molecule has 5 nitrogen and oxygen atoms in total. The van der Waals surface area contributed by atoms with Gasteiger partial charge in [0.05, 0.1) is 0 Å². The van der Waals surface area contributed by atoms with Gasteiger partial charge in [-0.15, -0.1) is 0 Å². The minimum Gasteiger partial charge on any atom is -0.370 e. The lowest BCUT2D eigenvalue weighted by molar-refractivity contribution is 0.294. The molecular weight excluding hydrogens is 250 g/mol. The molecule has 0 spiro atoms. The van der Waals surface area contributed by atoms with Crippen LogP contribution in [-0.2, 0) is 0 Å². The number of aromatic nitrogens is 3. The topological polar surface area (TPSA) is 53.9 Å². The molecule has 1 atom stereocenters. The number of pyridine rings is 1. The second-order valence-corrected chi connectivity index (χ2v) is 5.59. The predicted molar refractivity (Wildman–Crippen MR) is 80.7 cm³/mol. The average molecular weight is 271 g/mol. The molecule has 0 aliphatic carbocycles. The van der Waals surface area contributed by atoms with Crippen LogP contribution in [0.4, 0.5) is 5.82 Å². The Labute approximate surface area is 119 Å². The van der Waals surface area contributed by atoms with Crippen molar-refractivity contribution in [1.29, 1.82) is 0 Å². The van der Waals surface area contributed by atoms with Crippen LogP contribution in [0.1, 0.15) is 19.8 Å². The number of nitrogens with one attached hydrogen (secondary N) is 1. The van der Waals surface area contributed by atoms with E-state index >= 15 is 0 Å². The number of hydrogen-bond acceptors (Lipinski definition) is 5. The monoisotopic (exact) mass is 271 g/mol. The Morgan fingerprint density at radius 2 is 2.00 bits per heavy atom. The van der Waals surface area contributed by atoms with Crippen molar-refractivity contribution >= 4 is 17.0 Å². The highest BCUT2D eigenvalue weighted by molar-refractivity contribution is 5.71. The van der Waals surface area contributed by atoms with Crippen molar-refractivity contribution in [3.05, 3.63) is 24.5 Å². The third-order valence-electron chi connectivity index (χ3n) is 3.73. The molecule has 0 radical (unpaired) electrons. The van der Waals surface area contributed by atoms with Gasteiger partial charge in [0.2, 0.25) is 0 Å². The molecule has 0 amide bonds. The fourth-order valence-corrected chi connectivity index (χ4v) is 2.70. The maximum absolute atomic E-state index is 4.48. The third kappa shape index (κ3) is 3.22. The molecule has 0 bridgehead atoms. The van der Waals surface area contributed by atoms with Crippen molar-refractivity contribution < 1.29 is 0 Å². The number of fused-ring (bicyclic) bond motifs is 1. The van der Waals surface area contributed by atoms with Crippen molar-refractivity contribution in [2.75, 3.05) is 31.5 Å². The van der Waals surface area contributed by atoms with E-state index in [1.807, 2.05) is 12.1 Å². The number of nitrogens with zero attached hydrogens (tertiary/aromatic N) is 4. The largest absolute Gasteiger partial charge is 0.370 e. The second kappa shape index (κ2) is 6.13. The Hall–Kier alpha value is -1.75. The molecule has 1 aliphatic heterocycles. The van der Waals surface area contributed by atoms with Crippen LogP contribution >= 0.6 is 0 Å². The van der Waals surface area contributed by atoms with Crippen LogP contribution in [0.3, 0.4) is 0 Å². The van der Waals surface area contributed by atoms with Crippen molar-refractivity contribution in [3.8, 4) is 0 Å². The maximum Gasteiger partial charge on any atom is 0.180 e. The molecule has 5 heteroatoms. The molecule has 1 saturated heterocycles. The van der Waals surface area contributed by atoms with Crippen LogP contribution in [0.5, 0.6) is 0 Å². The minimum absolute atomic E-state index is 0.618. The smallest absolute Gasteiger partial charge is 0.180 e. The number of likely N-dealkylation sites (tertiary alicyclic amines) is 1. The fourth-order valence-electron chi connectivity index (χ4n) is 2.70. The van der Waals surface area contributed by atoms with Gasteiger partial charge < -0.3 is 10.2 Å². The summed E-state index contributed by atoms with van der Waals surface area (Å²) in [5.74, 6) is 1.50. The molecule has 20 heavy (non-hydrogen) atoms. The van der Waals surface area contributed by atoms with E-state index < -0.39 is 0 Å². The van der Waals surface area contributed by atoms with E-state index in [9.17, 15) is 0 Å². The zero-order valence-corrected chi connectivity index (χ0v) is 11.9. The molecular formula is C15H21N5. The van der Waals surface area contributed by atoms with Gasteiger partial charge in [0, 0.05) is 25.5 Å². The van der Waals surface area contributed by atoms with Crippen molar-refractivity contribution in [2.45, 2.75) is 19.8 Å². The second-order valence-electron chi connectivity index (χ2n) is 5.59. The molecule has 0 saturated carbocycles. The van der Waals surface area contributed by atoms with E-state index in [4.69, 9.17) is 0 Å². The number of rotatable bonds is 5. The fraction of sp³-hybridized carbons (Fsp3) is 0.533. The Morgan fingerprint density at radius 3 is 2.85 bits per heavy atom. The van der Waals surface area contributed by atoms with Gasteiger partial charge in [0.25, 0.3) is 0 Å². The minimum atomic E-state index is 0.618.